The van der Waals surface area contributed by atoms with Crippen molar-refractivity contribution in [2.45, 2.75) is 30.0 Å². The zero-order valence-electron chi connectivity index (χ0n) is 12.2. The smallest absolute Gasteiger partial charge is 0.228 e. The fourth-order valence-corrected chi connectivity index (χ4v) is 5.21. The third-order valence-corrected chi connectivity index (χ3v) is 7.06. The maximum absolute atomic E-state index is 12.5. The van der Waals surface area contributed by atoms with E-state index in [4.69, 9.17) is 0 Å². The Bertz CT molecular complexity index is 781. The Kier molecular flexibility index (Phi) is 4.06. The van der Waals surface area contributed by atoms with Crippen LogP contribution >= 0.6 is 11.3 Å². The van der Waals surface area contributed by atoms with E-state index in [1.54, 1.807) is 22.4 Å². The number of thiophene rings is 1. The average Bonchev–Trinajstić information content (AvgIpc) is 3.12. The van der Waals surface area contributed by atoms with E-state index in [-0.39, 0.29) is 24.1 Å². The molecule has 2 aromatic rings. The van der Waals surface area contributed by atoms with E-state index < -0.39 is 9.84 Å². The van der Waals surface area contributed by atoms with Crippen molar-refractivity contribution < 1.29 is 13.2 Å². The normalized spacial score (nSPS) is 17.5. The zero-order chi connectivity index (χ0) is 15.7. The first kappa shape index (κ1) is 15.2. The minimum atomic E-state index is -3.37. The van der Waals surface area contributed by atoms with Gasteiger partial charge in [-0.3, -0.25) is 4.79 Å². The van der Waals surface area contributed by atoms with Crippen molar-refractivity contribution in [2.75, 3.05) is 10.7 Å². The molecule has 0 saturated heterocycles. The molecule has 22 heavy (non-hydrogen) atoms. The molecule has 0 bridgehead atoms. The number of sulfone groups is 1. The maximum Gasteiger partial charge on any atom is 0.228 e. The molecular formula is C16H17NO3S2. The molecule has 1 aromatic heterocycles. The molecule has 1 aromatic carbocycles. The quantitative estimate of drug-likeness (QED) is 0.863. The topological polar surface area (TPSA) is 54.5 Å². The molecule has 1 atom stereocenters. The summed E-state index contributed by atoms with van der Waals surface area (Å²) >= 11 is 1.19. The monoisotopic (exact) mass is 335 g/mol. The van der Waals surface area contributed by atoms with Crippen LogP contribution in [0.2, 0.25) is 0 Å². The minimum absolute atomic E-state index is 0.0128. The van der Waals surface area contributed by atoms with Crippen LogP contribution in [0.4, 0.5) is 5.69 Å². The van der Waals surface area contributed by atoms with Gasteiger partial charge in [-0.05, 0) is 36.4 Å². The van der Waals surface area contributed by atoms with E-state index in [0.29, 0.717) is 4.21 Å². The third-order valence-electron chi connectivity index (χ3n) is 3.86. The Morgan fingerprint density at radius 1 is 1.27 bits per heavy atom. The second-order valence-corrected chi connectivity index (χ2v) is 8.73. The highest BCUT2D eigenvalue weighted by Gasteiger charge is 2.31. The zero-order valence-corrected chi connectivity index (χ0v) is 13.9. The number of carbonyl (C=O) groups excluding carboxylic acids is 1. The number of nitrogens with zero attached hydrogens (tertiary/aromatic N) is 1. The molecule has 116 valence electrons. The van der Waals surface area contributed by atoms with E-state index in [1.807, 2.05) is 31.2 Å². The van der Waals surface area contributed by atoms with E-state index in [9.17, 15) is 13.2 Å². The Morgan fingerprint density at radius 3 is 2.77 bits per heavy atom. The first-order valence-corrected chi connectivity index (χ1v) is 9.68. The van der Waals surface area contributed by atoms with Crippen molar-refractivity contribution in [3.8, 4) is 0 Å². The van der Waals surface area contributed by atoms with Crippen LogP contribution in [-0.2, 0) is 21.1 Å². The lowest BCUT2D eigenvalue weighted by Gasteiger charge is -2.22. The van der Waals surface area contributed by atoms with Crippen molar-refractivity contribution in [3.63, 3.8) is 0 Å². The predicted octanol–water partition coefficient (Wildman–Crippen LogP) is 2.89. The van der Waals surface area contributed by atoms with Gasteiger partial charge in [-0.25, -0.2) is 8.42 Å². The Labute approximate surface area is 134 Å². The number of carbonyl (C=O) groups is 1. The molecule has 0 saturated carbocycles. The van der Waals surface area contributed by atoms with Crippen LogP contribution in [0.1, 0.15) is 18.9 Å². The molecule has 4 nitrogen and oxygen atoms in total. The molecular weight excluding hydrogens is 318 g/mol. The van der Waals surface area contributed by atoms with Gasteiger partial charge in [0.05, 0.1) is 5.75 Å². The molecule has 0 unspecified atom stereocenters. The molecule has 3 rings (SSSR count). The summed E-state index contributed by atoms with van der Waals surface area (Å²) in [5.41, 5.74) is 2.05. The van der Waals surface area contributed by atoms with Gasteiger partial charge in [0.25, 0.3) is 0 Å². The van der Waals surface area contributed by atoms with Crippen molar-refractivity contribution in [1.82, 2.24) is 0 Å². The lowest BCUT2D eigenvalue weighted by molar-refractivity contribution is -0.118. The third kappa shape index (κ3) is 2.80. The van der Waals surface area contributed by atoms with Gasteiger partial charge < -0.3 is 4.90 Å². The number of rotatable bonds is 4. The summed E-state index contributed by atoms with van der Waals surface area (Å²) in [5.74, 6) is -0.268. The lowest BCUT2D eigenvalue weighted by atomic mass is 10.1. The summed E-state index contributed by atoms with van der Waals surface area (Å²) in [5, 5.41) is 1.73. The van der Waals surface area contributed by atoms with E-state index >= 15 is 0 Å². The summed E-state index contributed by atoms with van der Waals surface area (Å²) in [4.78, 5) is 14.2. The van der Waals surface area contributed by atoms with Gasteiger partial charge in [-0.15, -0.1) is 11.3 Å². The minimum Gasteiger partial charge on any atom is -0.309 e. The van der Waals surface area contributed by atoms with Crippen LogP contribution in [0.5, 0.6) is 0 Å². The summed E-state index contributed by atoms with van der Waals surface area (Å²) in [6.07, 6.45) is 0.832. The van der Waals surface area contributed by atoms with Gasteiger partial charge in [0.1, 0.15) is 4.21 Å². The van der Waals surface area contributed by atoms with Crippen LogP contribution in [0.15, 0.2) is 46.0 Å². The highest BCUT2D eigenvalue weighted by Crippen LogP contribution is 2.32. The number of benzene rings is 1. The van der Waals surface area contributed by atoms with Gasteiger partial charge in [0.15, 0.2) is 9.84 Å². The molecule has 6 heteroatoms. The van der Waals surface area contributed by atoms with Gasteiger partial charge >= 0.3 is 0 Å². The Hall–Kier alpha value is -1.66. The second kappa shape index (κ2) is 5.85. The van der Waals surface area contributed by atoms with E-state index in [2.05, 4.69) is 0 Å². The number of fused-ring (bicyclic) bond motifs is 1. The van der Waals surface area contributed by atoms with Crippen molar-refractivity contribution >= 4 is 32.8 Å². The van der Waals surface area contributed by atoms with Crippen molar-refractivity contribution in [2.24, 2.45) is 0 Å². The molecule has 1 aliphatic heterocycles. The van der Waals surface area contributed by atoms with Gasteiger partial charge in [-0.1, -0.05) is 24.3 Å². The van der Waals surface area contributed by atoms with Crippen LogP contribution in [0.3, 0.4) is 0 Å². The highest BCUT2D eigenvalue weighted by atomic mass is 32.2. The fourth-order valence-electron chi connectivity index (χ4n) is 2.83. The van der Waals surface area contributed by atoms with Crippen molar-refractivity contribution in [3.05, 3.63) is 47.3 Å². The van der Waals surface area contributed by atoms with Crippen molar-refractivity contribution in [1.29, 1.82) is 0 Å². The second-order valence-electron chi connectivity index (χ2n) is 5.45. The van der Waals surface area contributed by atoms with Crippen LogP contribution in [-0.4, -0.2) is 26.1 Å². The maximum atomic E-state index is 12.5. The molecule has 2 heterocycles. The van der Waals surface area contributed by atoms with Crippen LogP contribution in [0.25, 0.3) is 0 Å². The molecule has 0 radical (unpaired) electrons. The number of anilines is 1. The van der Waals surface area contributed by atoms with Gasteiger partial charge in [0.2, 0.25) is 5.91 Å². The SMILES string of the molecule is C[C@H]1Cc2ccccc2N1C(=O)CCS(=O)(=O)c1cccs1. The number of hydrogen-bond acceptors (Lipinski definition) is 4. The standard InChI is InChI=1S/C16H17NO3S2/c1-12-11-13-5-2-3-6-14(13)17(12)15(18)8-10-22(19,20)16-7-4-9-21-16/h2-7,9,12H,8,10-11H2,1H3/t12-/m0/s1. The van der Waals surface area contributed by atoms with Gasteiger partial charge in [0, 0.05) is 18.2 Å². The molecule has 0 spiro atoms. The first-order valence-electron chi connectivity index (χ1n) is 7.15. The molecule has 1 amide bonds. The molecule has 0 aliphatic carbocycles. The summed E-state index contributed by atoms with van der Waals surface area (Å²) in [6, 6.07) is 11.2. The number of hydrogen-bond donors (Lipinski definition) is 0. The highest BCUT2D eigenvalue weighted by molar-refractivity contribution is 7.93. The number of amides is 1. The summed E-state index contributed by atoms with van der Waals surface area (Å²) < 4.78 is 24.7. The van der Waals surface area contributed by atoms with E-state index in [0.717, 1.165) is 17.7 Å². The molecule has 1 aliphatic rings. The van der Waals surface area contributed by atoms with E-state index in [1.165, 1.54) is 11.3 Å². The van der Waals surface area contributed by atoms with Crippen LogP contribution in [0, 0.1) is 0 Å². The largest absolute Gasteiger partial charge is 0.309 e. The van der Waals surface area contributed by atoms with Crippen LogP contribution < -0.4 is 4.90 Å². The first-order chi connectivity index (χ1) is 10.5. The predicted molar refractivity (Wildman–Crippen MR) is 88.1 cm³/mol. The average molecular weight is 335 g/mol. The van der Waals surface area contributed by atoms with Gasteiger partial charge in [-0.2, -0.15) is 0 Å². The summed E-state index contributed by atoms with van der Waals surface area (Å²) in [7, 11) is -3.37. The Balaban J connectivity index is 1.73. The summed E-state index contributed by atoms with van der Waals surface area (Å²) in [6.45, 7) is 1.99. The molecule has 0 fully saturated rings. The Morgan fingerprint density at radius 2 is 2.05 bits per heavy atom. The molecule has 0 N–H and O–H groups in total. The fraction of sp³-hybridized carbons (Fsp3) is 0.312. The number of para-hydroxylation sites is 1. The lowest BCUT2D eigenvalue weighted by Crippen LogP contribution is -2.36.